The van der Waals surface area contributed by atoms with E-state index in [1.807, 2.05) is 18.5 Å². The highest BCUT2D eigenvalue weighted by Gasteiger charge is 2.50. The van der Waals surface area contributed by atoms with Crippen molar-refractivity contribution in [2.75, 3.05) is 29.9 Å². The molecule has 1 saturated carbocycles. The van der Waals surface area contributed by atoms with Crippen LogP contribution in [0.25, 0.3) is 11.0 Å². The van der Waals surface area contributed by atoms with Crippen molar-refractivity contribution in [3.63, 3.8) is 0 Å². The molecule has 0 bridgehead atoms. The number of halogens is 1. The van der Waals surface area contributed by atoms with Crippen LogP contribution in [0.3, 0.4) is 0 Å². The lowest BCUT2D eigenvalue weighted by Crippen LogP contribution is -2.53. The van der Waals surface area contributed by atoms with Crippen molar-refractivity contribution < 1.29 is 0 Å². The molecule has 6 nitrogen and oxygen atoms in total. The van der Waals surface area contributed by atoms with E-state index in [0.29, 0.717) is 0 Å². The van der Waals surface area contributed by atoms with Crippen LogP contribution in [0.2, 0.25) is 0 Å². The number of rotatable bonds is 4. The maximum Gasteiger partial charge on any atom is 0.0890 e. The quantitative estimate of drug-likeness (QED) is 0.669. The highest BCUT2D eigenvalue weighted by Crippen LogP contribution is 2.48. The van der Waals surface area contributed by atoms with Gasteiger partial charge in [0.25, 0.3) is 0 Å². The number of benzene rings is 1. The van der Waals surface area contributed by atoms with Crippen LogP contribution in [0.15, 0.2) is 47.5 Å². The van der Waals surface area contributed by atoms with Gasteiger partial charge in [-0.15, -0.1) is 0 Å². The van der Waals surface area contributed by atoms with E-state index in [2.05, 4.69) is 58.5 Å². The Bertz CT molecular complexity index is 987. The fourth-order valence-corrected chi connectivity index (χ4v) is 4.48. The van der Waals surface area contributed by atoms with Crippen LogP contribution in [-0.2, 0) is 6.54 Å². The number of piperazine rings is 1. The van der Waals surface area contributed by atoms with Gasteiger partial charge in [-0.25, -0.2) is 0 Å². The summed E-state index contributed by atoms with van der Waals surface area (Å²) in [5.74, 6) is 0. The number of hydrogen-bond donors (Lipinski definition) is 2. The Balaban J connectivity index is 1.42. The molecule has 3 heterocycles. The average molecular weight is 425 g/mol. The molecule has 7 heteroatoms. The molecule has 1 aromatic carbocycles. The minimum Gasteiger partial charge on any atom is -0.378 e. The summed E-state index contributed by atoms with van der Waals surface area (Å²) in [6.07, 6.45) is 9.77. The summed E-state index contributed by atoms with van der Waals surface area (Å²) in [4.78, 5) is 15.7. The van der Waals surface area contributed by atoms with E-state index in [9.17, 15) is 0 Å². The van der Waals surface area contributed by atoms with E-state index in [0.717, 1.165) is 47.4 Å². The summed E-state index contributed by atoms with van der Waals surface area (Å²) in [5, 5.41) is 7.14. The number of hydrogen-bond acceptors (Lipinski definition) is 6. The van der Waals surface area contributed by atoms with Crippen molar-refractivity contribution in [3.8, 4) is 0 Å². The normalized spacial score (nSPS) is 18.0. The van der Waals surface area contributed by atoms with E-state index in [1.165, 1.54) is 24.1 Å². The molecule has 2 N–H and O–H groups in total. The van der Waals surface area contributed by atoms with Gasteiger partial charge in [0.15, 0.2) is 0 Å². The van der Waals surface area contributed by atoms with Gasteiger partial charge in [-0.1, -0.05) is 6.07 Å². The zero-order valence-corrected chi connectivity index (χ0v) is 16.5. The molecule has 0 unspecified atom stereocenters. The van der Waals surface area contributed by atoms with Gasteiger partial charge in [0, 0.05) is 44.8 Å². The summed E-state index contributed by atoms with van der Waals surface area (Å²) in [7, 11) is 0. The van der Waals surface area contributed by atoms with E-state index in [-0.39, 0.29) is 5.54 Å². The Labute approximate surface area is 166 Å². The summed E-state index contributed by atoms with van der Waals surface area (Å²) in [6.45, 7) is 3.81. The van der Waals surface area contributed by atoms with Gasteiger partial charge in [-0.2, -0.15) is 0 Å². The fraction of sp³-hybridized carbons (Fsp3) is 0.350. The second-order valence-electron chi connectivity index (χ2n) is 7.30. The van der Waals surface area contributed by atoms with E-state index in [1.54, 1.807) is 12.4 Å². The van der Waals surface area contributed by atoms with Gasteiger partial charge >= 0.3 is 0 Å². The van der Waals surface area contributed by atoms with Crippen LogP contribution < -0.4 is 15.5 Å². The third kappa shape index (κ3) is 3.15. The molecule has 1 spiro atoms. The molecule has 2 aromatic heterocycles. The van der Waals surface area contributed by atoms with Crippen molar-refractivity contribution in [1.29, 1.82) is 0 Å². The third-order valence-corrected chi connectivity index (χ3v) is 6.11. The number of nitrogens with zero attached hydrogens (tertiary/aromatic N) is 4. The molecular formula is C20H21BrN6. The lowest BCUT2D eigenvalue weighted by Gasteiger charge is -2.40. The number of nitrogens with one attached hydrogen (secondary N) is 2. The Morgan fingerprint density at radius 3 is 2.85 bits per heavy atom. The molecular weight excluding hydrogens is 404 g/mol. The molecule has 0 atom stereocenters. The van der Waals surface area contributed by atoms with Crippen LogP contribution in [0, 0.1) is 0 Å². The molecule has 2 aliphatic rings. The average Bonchev–Trinajstić information content (AvgIpc) is 3.47. The Morgan fingerprint density at radius 1 is 1.15 bits per heavy atom. The van der Waals surface area contributed by atoms with E-state index < -0.39 is 0 Å². The number of pyridine rings is 1. The lowest BCUT2D eigenvalue weighted by atomic mass is 10.1. The predicted octanol–water partition coefficient (Wildman–Crippen LogP) is 3.34. The van der Waals surface area contributed by atoms with Crippen LogP contribution in [0.1, 0.15) is 18.4 Å². The molecule has 27 heavy (non-hydrogen) atoms. The Hall–Kier alpha value is -2.25. The first kappa shape index (κ1) is 16.9. The largest absolute Gasteiger partial charge is 0.378 e. The minimum absolute atomic E-state index is 0.275. The number of fused-ring (bicyclic) bond motifs is 1. The summed E-state index contributed by atoms with van der Waals surface area (Å²) in [5.41, 5.74) is 5.58. The van der Waals surface area contributed by atoms with Crippen LogP contribution in [0.4, 0.5) is 11.4 Å². The highest BCUT2D eigenvalue weighted by atomic mass is 79.9. The topological polar surface area (TPSA) is 66.0 Å². The first-order chi connectivity index (χ1) is 13.3. The van der Waals surface area contributed by atoms with Crippen LogP contribution >= 0.6 is 15.9 Å². The van der Waals surface area contributed by atoms with Gasteiger partial charge in [-0.05, 0) is 46.5 Å². The summed E-state index contributed by atoms with van der Waals surface area (Å²) in [6, 6.07) is 6.21. The van der Waals surface area contributed by atoms with Crippen molar-refractivity contribution in [2.45, 2.75) is 24.9 Å². The van der Waals surface area contributed by atoms with Crippen molar-refractivity contribution in [3.05, 3.63) is 53.0 Å². The SMILES string of the molecule is Brc1cncc(NCc2ccc3nccnc3c2)c1N1CCNCC12CC2. The second kappa shape index (κ2) is 6.73. The monoisotopic (exact) mass is 424 g/mol. The highest BCUT2D eigenvalue weighted by molar-refractivity contribution is 9.10. The van der Waals surface area contributed by atoms with Crippen LogP contribution in [0.5, 0.6) is 0 Å². The fourth-order valence-electron chi connectivity index (χ4n) is 3.93. The van der Waals surface area contributed by atoms with Gasteiger partial charge in [-0.3, -0.25) is 15.0 Å². The second-order valence-corrected chi connectivity index (χ2v) is 8.16. The minimum atomic E-state index is 0.275. The van der Waals surface area contributed by atoms with Gasteiger partial charge < -0.3 is 15.5 Å². The molecule has 2 fully saturated rings. The lowest BCUT2D eigenvalue weighted by molar-refractivity contribution is 0.463. The molecule has 3 aromatic rings. The Morgan fingerprint density at radius 2 is 2.00 bits per heavy atom. The standard InChI is InChI=1S/C20H21BrN6/c21-15-11-23-12-18(19(15)27-8-7-22-13-20(27)3-4-20)26-10-14-1-2-16-17(9-14)25-6-5-24-16/h1-2,5-6,9,11-12,22,26H,3-4,7-8,10,13H2. The first-order valence-corrected chi connectivity index (χ1v) is 10.1. The Kier molecular flexibility index (Phi) is 4.21. The summed E-state index contributed by atoms with van der Waals surface area (Å²) >= 11 is 3.74. The molecule has 1 aliphatic carbocycles. The molecule has 1 saturated heterocycles. The van der Waals surface area contributed by atoms with Gasteiger partial charge in [0.05, 0.1) is 38.6 Å². The first-order valence-electron chi connectivity index (χ1n) is 9.31. The molecule has 5 rings (SSSR count). The number of anilines is 2. The smallest absolute Gasteiger partial charge is 0.0890 e. The molecule has 1 aliphatic heterocycles. The molecule has 138 valence electrons. The van der Waals surface area contributed by atoms with Crippen molar-refractivity contribution in [1.82, 2.24) is 20.3 Å². The third-order valence-electron chi connectivity index (χ3n) is 5.53. The van der Waals surface area contributed by atoms with E-state index in [4.69, 9.17) is 0 Å². The van der Waals surface area contributed by atoms with Gasteiger partial charge in [0.1, 0.15) is 0 Å². The van der Waals surface area contributed by atoms with Crippen LogP contribution in [-0.4, -0.2) is 40.1 Å². The van der Waals surface area contributed by atoms with E-state index >= 15 is 0 Å². The zero-order valence-electron chi connectivity index (χ0n) is 15.0. The summed E-state index contributed by atoms with van der Waals surface area (Å²) < 4.78 is 1.05. The van der Waals surface area contributed by atoms with Gasteiger partial charge in [0.2, 0.25) is 0 Å². The molecule has 0 radical (unpaired) electrons. The maximum atomic E-state index is 4.40. The zero-order chi connectivity index (χ0) is 18.3. The van der Waals surface area contributed by atoms with Crippen molar-refractivity contribution in [2.24, 2.45) is 0 Å². The molecule has 0 amide bonds. The van der Waals surface area contributed by atoms with Crippen molar-refractivity contribution >= 4 is 38.3 Å². The maximum absolute atomic E-state index is 4.40. The number of aromatic nitrogens is 3. The predicted molar refractivity (Wildman–Crippen MR) is 111 cm³/mol.